The van der Waals surface area contributed by atoms with Gasteiger partial charge in [0.05, 0.1) is 0 Å². The number of carboxylic acid groups (broad SMARTS) is 1. The third-order valence-electron chi connectivity index (χ3n) is 15.1. The number of fused-ring (bicyclic) bond motifs is 7. The van der Waals surface area contributed by atoms with Gasteiger partial charge in [0.2, 0.25) is 5.91 Å². The largest absolute Gasteiger partial charge is 0.480 e. The predicted molar refractivity (Wildman–Crippen MR) is 176 cm³/mol. The highest BCUT2D eigenvalue weighted by Gasteiger charge is 2.70. The first kappa shape index (κ1) is 33.0. The minimum absolute atomic E-state index is 0.156. The Morgan fingerprint density at radius 2 is 1.60 bits per heavy atom. The monoisotopic (exact) mass is 596 g/mol. The summed E-state index contributed by atoms with van der Waals surface area (Å²) in [6, 6.07) is -0.824. The van der Waals surface area contributed by atoms with Gasteiger partial charge in [0, 0.05) is 12.0 Å². The van der Waals surface area contributed by atoms with Crippen LogP contribution in [0.5, 0.6) is 0 Å². The number of carbonyl (C=O) groups excluding carboxylic acids is 1. The van der Waals surface area contributed by atoms with E-state index in [9.17, 15) is 9.59 Å². The van der Waals surface area contributed by atoms with Crippen molar-refractivity contribution < 1.29 is 14.7 Å². The lowest BCUT2D eigenvalue weighted by Gasteiger charge is -2.72. The van der Waals surface area contributed by atoms with Gasteiger partial charge >= 0.3 is 5.97 Å². The maximum Gasteiger partial charge on any atom is 0.325 e. The van der Waals surface area contributed by atoms with Crippen LogP contribution in [0.15, 0.2) is 12.2 Å². The van der Waals surface area contributed by atoms with Gasteiger partial charge in [-0.2, -0.15) is 0 Å². The Morgan fingerprint density at radius 3 is 2.30 bits per heavy atom. The third-order valence-corrected chi connectivity index (χ3v) is 15.1. The van der Waals surface area contributed by atoms with Crippen molar-refractivity contribution in [2.45, 2.75) is 156 Å². The van der Waals surface area contributed by atoms with Gasteiger partial charge in [-0.3, -0.25) is 9.59 Å². The number of nitrogens with one attached hydrogen (secondary N) is 2. The average molecular weight is 597 g/mol. The van der Waals surface area contributed by atoms with E-state index in [1.807, 2.05) is 0 Å². The molecule has 5 nitrogen and oxygen atoms in total. The molecule has 5 unspecified atom stereocenters. The van der Waals surface area contributed by atoms with Crippen LogP contribution < -0.4 is 10.6 Å². The summed E-state index contributed by atoms with van der Waals surface area (Å²) in [5.41, 5.74) is 3.40. The molecule has 0 spiro atoms. The number of unbranched alkanes of at least 4 members (excludes halogenated alkanes) is 2. The highest BCUT2D eigenvalue weighted by Crippen LogP contribution is 2.76. The molecule has 244 valence electrons. The van der Waals surface area contributed by atoms with Crippen LogP contribution in [-0.4, -0.2) is 35.1 Å². The van der Waals surface area contributed by atoms with E-state index < -0.39 is 12.0 Å². The van der Waals surface area contributed by atoms with Gasteiger partial charge in [-0.05, 0) is 149 Å². The average Bonchev–Trinajstić information content (AvgIpc) is 3.30. The standard InChI is InChI=1S/C38H64N2O3/c1-25(2)27-16-21-38(39-24-11-9-10-13-31(41)40-26(3)33(42)43)23-22-36(7)28(32(27)38)14-15-30-35(6)19-12-18-34(4,5)29(35)17-20-37(30,36)8/h26-30,32,39H,1,9-24H2,2-8H3,(H,40,41)(H,42,43)/t26?,27-,28?,29?,30?,32?,35-,36+,37+,38-/m0/s1. The van der Waals surface area contributed by atoms with E-state index >= 15 is 0 Å². The molecule has 0 aromatic heterocycles. The molecule has 5 saturated carbocycles. The Bertz CT molecular complexity index is 1090. The second kappa shape index (κ2) is 11.8. The van der Waals surface area contributed by atoms with Crippen molar-refractivity contribution in [3.05, 3.63) is 12.2 Å². The molecular formula is C38H64N2O3. The van der Waals surface area contributed by atoms with Gasteiger partial charge in [-0.15, -0.1) is 0 Å². The van der Waals surface area contributed by atoms with Crippen LogP contribution in [0.2, 0.25) is 0 Å². The molecule has 0 aliphatic heterocycles. The van der Waals surface area contributed by atoms with Crippen molar-refractivity contribution in [1.82, 2.24) is 10.6 Å². The van der Waals surface area contributed by atoms with Gasteiger partial charge in [0.15, 0.2) is 0 Å². The van der Waals surface area contributed by atoms with Crippen LogP contribution in [-0.2, 0) is 9.59 Å². The molecule has 0 saturated heterocycles. The minimum Gasteiger partial charge on any atom is -0.480 e. The summed E-state index contributed by atoms with van der Waals surface area (Å²) in [7, 11) is 0. The Hall–Kier alpha value is -1.36. The van der Waals surface area contributed by atoms with Gasteiger partial charge in [0.25, 0.3) is 0 Å². The zero-order valence-corrected chi connectivity index (χ0v) is 28.7. The quantitative estimate of drug-likeness (QED) is 0.174. The fraction of sp³-hybridized carbons (Fsp3) is 0.895. The van der Waals surface area contributed by atoms with E-state index in [0.29, 0.717) is 39.9 Å². The molecule has 0 heterocycles. The summed E-state index contributed by atoms with van der Waals surface area (Å²) in [6.07, 6.45) is 18.3. The highest BCUT2D eigenvalue weighted by atomic mass is 16.4. The molecule has 10 atom stereocenters. The van der Waals surface area contributed by atoms with Crippen LogP contribution in [0.3, 0.4) is 0 Å². The van der Waals surface area contributed by atoms with Crippen LogP contribution in [0.4, 0.5) is 0 Å². The lowest BCUT2D eigenvalue weighted by Crippen LogP contribution is -2.68. The normalized spacial score (nSPS) is 43.8. The fourth-order valence-electron chi connectivity index (χ4n) is 12.8. The number of hydrogen-bond acceptors (Lipinski definition) is 3. The summed E-state index contributed by atoms with van der Waals surface area (Å²) >= 11 is 0. The van der Waals surface area contributed by atoms with E-state index in [1.165, 1.54) is 83.1 Å². The maximum atomic E-state index is 12.1. The molecule has 0 bridgehead atoms. The van der Waals surface area contributed by atoms with Gasteiger partial charge in [-0.25, -0.2) is 0 Å². The van der Waals surface area contributed by atoms with E-state index in [1.54, 1.807) is 0 Å². The highest BCUT2D eigenvalue weighted by molar-refractivity contribution is 5.83. The zero-order chi connectivity index (χ0) is 31.4. The Labute approximate surface area is 263 Å². The minimum atomic E-state index is -0.984. The lowest BCUT2D eigenvalue weighted by molar-refractivity contribution is -0.231. The van der Waals surface area contributed by atoms with E-state index in [4.69, 9.17) is 5.11 Å². The molecule has 0 radical (unpaired) electrons. The third kappa shape index (κ3) is 5.44. The van der Waals surface area contributed by atoms with Crippen molar-refractivity contribution in [2.75, 3.05) is 6.54 Å². The van der Waals surface area contributed by atoms with E-state index in [2.05, 4.69) is 58.8 Å². The van der Waals surface area contributed by atoms with Crippen molar-refractivity contribution in [3.63, 3.8) is 0 Å². The number of allylic oxidation sites excluding steroid dienone is 1. The van der Waals surface area contributed by atoms with Gasteiger partial charge < -0.3 is 15.7 Å². The lowest BCUT2D eigenvalue weighted by atomic mass is 9.33. The van der Waals surface area contributed by atoms with Crippen molar-refractivity contribution in [1.29, 1.82) is 0 Å². The number of aliphatic carboxylic acids is 1. The second-order valence-corrected chi connectivity index (χ2v) is 17.5. The van der Waals surface area contributed by atoms with Crippen LogP contribution in [0.25, 0.3) is 0 Å². The number of carboxylic acids is 1. The summed E-state index contributed by atoms with van der Waals surface area (Å²) in [5.74, 6) is 2.64. The molecule has 0 aromatic carbocycles. The van der Waals surface area contributed by atoms with Gasteiger partial charge in [-0.1, -0.05) is 59.6 Å². The van der Waals surface area contributed by atoms with Crippen LogP contribution in [0, 0.1) is 51.2 Å². The summed E-state index contributed by atoms with van der Waals surface area (Å²) in [4.78, 5) is 23.1. The van der Waals surface area contributed by atoms with E-state index in [0.717, 1.165) is 43.6 Å². The topological polar surface area (TPSA) is 78.4 Å². The summed E-state index contributed by atoms with van der Waals surface area (Å²) in [6.45, 7) is 22.8. The number of hydrogen-bond donors (Lipinski definition) is 3. The molecule has 1 amide bonds. The Morgan fingerprint density at radius 1 is 0.860 bits per heavy atom. The molecule has 3 N–H and O–H groups in total. The van der Waals surface area contributed by atoms with E-state index in [-0.39, 0.29) is 11.4 Å². The maximum absolute atomic E-state index is 12.1. The Kier molecular flexibility index (Phi) is 9.04. The van der Waals surface area contributed by atoms with Crippen molar-refractivity contribution in [3.8, 4) is 0 Å². The molecule has 5 aliphatic rings. The molecule has 43 heavy (non-hydrogen) atoms. The van der Waals surface area contributed by atoms with Crippen LogP contribution in [0.1, 0.15) is 145 Å². The smallest absolute Gasteiger partial charge is 0.325 e. The van der Waals surface area contributed by atoms with Crippen molar-refractivity contribution >= 4 is 11.9 Å². The molecular weight excluding hydrogens is 532 g/mol. The first-order valence-electron chi connectivity index (χ1n) is 18.0. The first-order valence-corrected chi connectivity index (χ1v) is 18.0. The SMILES string of the molecule is C=C(C)[C@@H]1CC[C@]2(NCCCCCC(=O)NC(C)C(=O)O)CC[C@]3(C)C(CCC4[C@@]5(C)CCCC(C)(C)C5CC[C@]43C)C12. The summed E-state index contributed by atoms with van der Waals surface area (Å²) < 4.78 is 0. The first-order chi connectivity index (χ1) is 20.1. The molecule has 5 heteroatoms. The second-order valence-electron chi connectivity index (χ2n) is 17.5. The van der Waals surface area contributed by atoms with Crippen molar-refractivity contribution in [2.24, 2.45) is 51.2 Å². The molecule has 5 fully saturated rings. The zero-order valence-electron chi connectivity index (χ0n) is 28.7. The number of amides is 1. The number of carbonyl (C=O) groups is 2. The summed E-state index contributed by atoms with van der Waals surface area (Å²) in [5, 5.41) is 15.8. The molecule has 0 aromatic rings. The van der Waals surface area contributed by atoms with Crippen LogP contribution >= 0.6 is 0 Å². The number of rotatable bonds is 10. The van der Waals surface area contributed by atoms with Gasteiger partial charge in [0.1, 0.15) is 6.04 Å². The predicted octanol–water partition coefficient (Wildman–Crippen LogP) is 8.53. The fourth-order valence-corrected chi connectivity index (χ4v) is 12.8. The molecule has 5 rings (SSSR count). The Balaban J connectivity index is 1.28. The molecule has 5 aliphatic carbocycles.